The fourth-order valence-corrected chi connectivity index (χ4v) is 1.78. The van der Waals surface area contributed by atoms with Crippen LogP contribution in [0, 0.1) is 0 Å². The standard InChI is InChI=1S/C14H17BO3/c1-3-9-16-10-14-11-17-15(18-14)13-7-5-12(4-2)6-8-13/h3-8,14H,1-2,9-11H2. The topological polar surface area (TPSA) is 27.7 Å². The van der Waals surface area contributed by atoms with Gasteiger partial charge in [0.15, 0.2) is 0 Å². The van der Waals surface area contributed by atoms with Crippen LogP contribution in [0.15, 0.2) is 43.5 Å². The Hall–Kier alpha value is -1.36. The average Bonchev–Trinajstić information content (AvgIpc) is 2.88. The quantitative estimate of drug-likeness (QED) is 0.432. The summed E-state index contributed by atoms with van der Waals surface area (Å²) in [5.74, 6) is 0. The Kier molecular flexibility index (Phi) is 4.76. The molecular formula is C14H17BO3. The third-order valence-corrected chi connectivity index (χ3v) is 2.73. The van der Waals surface area contributed by atoms with Gasteiger partial charge in [-0.2, -0.15) is 0 Å². The van der Waals surface area contributed by atoms with Gasteiger partial charge in [-0.1, -0.05) is 43.0 Å². The second kappa shape index (κ2) is 6.54. The summed E-state index contributed by atoms with van der Waals surface area (Å²) in [6, 6.07) is 7.98. The summed E-state index contributed by atoms with van der Waals surface area (Å²) in [5, 5.41) is 0. The van der Waals surface area contributed by atoms with Gasteiger partial charge in [0.1, 0.15) is 0 Å². The van der Waals surface area contributed by atoms with Crippen LogP contribution in [-0.2, 0) is 14.0 Å². The van der Waals surface area contributed by atoms with Crippen LogP contribution in [0.2, 0.25) is 0 Å². The van der Waals surface area contributed by atoms with Gasteiger partial charge in [0.05, 0.1) is 25.9 Å². The van der Waals surface area contributed by atoms with Crippen LogP contribution in [0.5, 0.6) is 0 Å². The van der Waals surface area contributed by atoms with Crippen molar-refractivity contribution < 1.29 is 14.0 Å². The van der Waals surface area contributed by atoms with E-state index in [-0.39, 0.29) is 13.2 Å². The van der Waals surface area contributed by atoms with Crippen LogP contribution in [0.1, 0.15) is 5.56 Å². The van der Waals surface area contributed by atoms with Crippen molar-refractivity contribution in [3.63, 3.8) is 0 Å². The Bertz CT molecular complexity index is 402. The van der Waals surface area contributed by atoms with E-state index in [1.54, 1.807) is 6.08 Å². The van der Waals surface area contributed by atoms with Crippen molar-refractivity contribution >= 4 is 18.7 Å². The summed E-state index contributed by atoms with van der Waals surface area (Å²) in [6.07, 6.45) is 3.53. The first kappa shape index (κ1) is 13.1. The highest BCUT2D eigenvalue weighted by Crippen LogP contribution is 2.10. The van der Waals surface area contributed by atoms with Gasteiger partial charge in [-0.15, -0.1) is 6.58 Å². The van der Waals surface area contributed by atoms with Crippen molar-refractivity contribution in [2.75, 3.05) is 19.8 Å². The summed E-state index contributed by atoms with van der Waals surface area (Å²) in [5.41, 5.74) is 2.11. The Labute approximate surface area is 108 Å². The van der Waals surface area contributed by atoms with E-state index in [4.69, 9.17) is 14.0 Å². The third-order valence-electron chi connectivity index (χ3n) is 2.73. The zero-order valence-electron chi connectivity index (χ0n) is 10.4. The SMILES string of the molecule is C=CCOCC1COB(c2ccc(C=C)cc2)O1. The molecule has 0 saturated carbocycles. The normalized spacial score (nSPS) is 18.9. The predicted molar refractivity (Wildman–Crippen MR) is 73.8 cm³/mol. The molecule has 1 fully saturated rings. The summed E-state index contributed by atoms with van der Waals surface area (Å²) >= 11 is 0. The first-order valence-electron chi connectivity index (χ1n) is 6.01. The lowest BCUT2D eigenvalue weighted by Gasteiger charge is -2.09. The highest BCUT2D eigenvalue weighted by atomic mass is 16.7. The minimum Gasteiger partial charge on any atom is -0.405 e. The number of hydrogen-bond donors (Lipinski definition) is 0. The van der Waals surface area contributed by atoms with Gasteiger partial charge >= 0.3 is 7.12 Å². The van der Waals surface area contributed by atoms with Crippen LogP contribution in [-0.4, -0.2) is 33.0 Å². The number of rotatable bonds is 6. The molecule has 0 bridgehead atoms. The Balaban J connectivity index is 1.87. The molecule has 0 spiro atoms. The van der Waals surface area contributed by atoms with E-state index in [1.165, 1.54) is 0 Å². The van der Waals surface area contributed by atoms with Crippen LogP contribution in [0.25, 0.3) is 6.08 Å². The molecule has 3 nitrogen and oxygen atoms in total. The molecule has 0 radical (unpaired) electrons. The van der Waals surface area contributed by atoms with Crippen molar-refractivity contribution in [3.05, 3.63) is 49.1 Å². The predicted octanol–water partition coefficient (Wildman–Crippen LogP) is 1.64. The molecule has 1 aromatic rings. The molecule has 2 rings (SSSR count). The summed E-state index contributed by atoms with van der Waals surface area (Å²) < 4.78 is 16.7. The zero-order chi connectivity index (χ0) is 12.8. The molecule has 0 amide bonds. The maximum Gasteiger partial charge on any atom is 0.494 e. The molecule has 0 aliphatic carbocycles. The Morgan fingerprint density at radius 3 is 2.78 bits per heavy atom. The zero-order valence-corrected chi connectivity index (χ0v) is 10.4. The first-order valence-corrected chi connectivity index (χ1v) is 6.01. The maximum absolute atomic E-state index is 5.76. The van der Waals surface area contributed by atoms with Crippen LogP contribution in [0.4, 0.5) is 0 Å². The Morgan fingerprint density at radius 1 is 1.33 bits per heavy atom. The molecule has 1 aliphatic rings. The van der Waals surface area contributed by atoms with Crippen molar-refractivity contribution in [1.82, 2.24) is 0 Å². The van der Waals surface area contributed by atoms with Crippen molar-refractivity contribution in [1.29, 1.82) is 0 Å². The van der Waals surface area contributed by atoms with Crippen LogP contribution >= 0.6 is 0 Å². The molecule has 4 heteroatoms. The number of benzene rings is 1. The molecule has 1 atom stereocenters. The van der Waals surface area contributed by atoms with E-state index >= 15 is 0 Å². The average molecular weight is 244 g/mol. The number of ether oxygens (including phenoxy) is 1. The minimum absolute atomic E-state index is 0.00553. The summed E-state index contributed by atoms with van der Waals surface area (Å²) in [4.78, 5) is 0. The van der Waals surface area contributed by atoms with Crippen LogP contribution < -0.4 is 5.46 Å². The van der Waals surface area contributed by atoms with Gasteiger partial charge in [0.2, 0.25) is 0 Å². The van der Waals surface area contributed by atoms with Gasteiger partial charge in [0, 0.05) is 0 Å². The Morgan fingerprint density at radius 2 is 2.11 bits per heavy atom. The smallest absolute Gasteiger partial charge is 0.405 e. The summed E-state index contributed by atoms with van der Waals surface area (Å²) in [7, 11) is -0.291. The molecular weight excluding hydrogens is 227 g/mol. The van der Waals surface area contributed by atoms with E-state index in [9.17, 15) is 0 Å². The molecule has 0 N–H and O–H groups in total. The minimum atomic E-state index is -0.291. The van der Waals surface area contributed by atoms with Gasteiger partial charge < -0.3 is 14.0 Å². The molecule has 18 heavy (non-hydrogen) atoms. The van der Waals surface area contributed by atoms with Gasteiger partial charge in [-0.3, -0.25) is 0 Å². The second-order valence-corrected chi connectivity index (χ2v) is 4.12. The van der Waals surface area contributed by atoms with E-state index < -0.39 is 0 Å². The number of hydrogen-bond acceptors (Lipinski definition) is 3. The largest absolute Gasteiger partial charge is 0.494 e. The second-order valence-electron chi connectivity index (χ2n) is 4.12. The molecule has 94 valence electrons. The lowest BCUT2D eigenvalue weighted by Crippen LogP contribution is -2.33. The van der Waals surface area contributed by atoms with Gasteiger partial charge in [-0.05, 0) is 11.0 Å². The summed E-state index contributed by atoms with van der Waals surface area (Å²) in [6.45, 7) is 8.96. The molecule has 1 aliphatic heterocycles. The van der Waals surface area contributed by atoms with Crippen LogP contribution in [0.3, 0.4) is 0 Å². The highest BCUT2D eigenvalue weighted by molar-refractivity contribution is 6.61. The van der Waals surface area contributed by atoms with E-state index in [1.807, 2.05) is 30.3 Å². The fraction of sp³-hybridized carbons (Fsp3) is 0.286. The monoisotopic (exact) mass is 244 g/mol. The first-order chi connectivity index (χ1) is 8.83. The molecule has 1 saturated heterocycles. The third kappa shape index (κ3) is 3.32. The molecule has 1 heterocycles. The lowest BCUT2D eigenvalue weighted by molar-refractivity contribution is 0.0750. The molecule has 1 aromatic carbocycles. The van der Waals surface area contributed by atoms with Crippen molar-refractivity contribution in [3.8, 4) is 0 Å². The van der Waals surface area contributed by atoms with Crippen molar-refractivity contribution in [2.24, 2.45) is 0 Å². The van der Waals surface area contributed by atoms with Crippen molar-refractivity contribution in [2.45, 2.75) is 6.10 Å². The van der Waals surface area contributed by atoms with E-state index in [0.717, 1.165) is 11.0 Å². The molecule has 1 unspecified atom stereocenters. The highest BCUT2D eigenvalue weighted by Gasteiger charge is 2.32. The lowest BCUT2D eigenvalue weighted by atomic mass is 9.79. The van der Waals surface area contributed by atoms with E-state index in [0.29, 0.717) is 19.8 Å². The van der Waals surface area contributed by atoms with E-state index in [2.05, 4.69) is 13.2 Å². The molecule has 0 aromatic heterocycles. The maximum atomic E-state index is 5.76. The van der Waals surface area contributed by atoms with Gasteiger partial charge in [-0.25, -0.2) is 0 Å². The van der Waals surface area contributed by atoms with Gasteiger partial charge in [0.25, 0.3) is 0 Å². The fourth-order valence-electron chi connectivity index (χ4n) is 1.78.